The predicted molar refractivity (Wildman–Crippen MR) is 224 cm³/mol. The number of aryl methyl sites for hydroxylation is 1. The number of fused-ring (bicyclic) bond motifs is 17. The summed E-state index contributed by atoms with van der Waals surface area (Å²) in [6, 6.07) is 47.5. The molecule has 11 rings (SSSR count). The Morgan fingerprint density at radius 2 is 1.50 bits per heavy atom. The Kier molecular flexibility index (Phi) is 6.40. The van der Waals surface area contributed by atoms with Crippen LogP contribution in [0, 0.1) is 12.8 Å². The molecule has 1 spiro atoms. The molecule has 0 amide bonds. The molecule has 2 aliphatic rings. The van der Waals surface area contributed by atoms with Crippen LogP contribution in [-0.4, -0.2) is 12.6 Å². The largest absolute Gasteiger partial charge is 0.455 e. The summed E-state index contributed by atoms with van der Waals surface area (Å²) in [6.07, 6.45) is 3.64. The van der Waals surface area contributed by atoms with Crippen molar-refractivity contribution >= 4 is 57.0 Å². The maximum Gasteiger partial charge on any atom is 0.364 e. The highest BCUT2D eigenvalue weighted by Crippen LogP contribution is 2.52. The first-order valence-electron chi connectivity index (χ1n) is 19.4. The first kappa shape index (κ1) is 31.7. The molecule has 6 aromatic carbocycles. The zero-order chi connectivity index (χ0) is 36.7. The van der Waals surface area contributed by atoms with Crippen molar-refractivity contribution in [1.82, 2.24) is 4.57 Å². The van der Waals surface area contributed by atoms with Crippen LogP contribution in [-0.2, 0) is 12.1 Å². The summed E-state index contributed by atoms with van der Waals surface area (Å²) in [5.74, 6) is 1.70. The highest BCUT2D eigenvalue weighted by atomic mass is 28.3. The molecule has 5 heterocycles. The lowest BCUT2D eigenvalue weighted by atomic mass is 9.88. The SMILES string of the molecule is Cc1ccc2c(c1)-c1cc(CC(C)C)c([Si](C)(C)C)c[n+]1C21c2ccc3c(oc4ccccc43)c2-c2n(-c3ccc4ccccc4c3)c3ccccc3[n+]21. The molecule has 0 saturated heterocycles. The number of nitrogens with zero attached hydrogens (tertiary/aromatic N) is 3. The number of benzene rings is 6. The van der Waals surface area contributed by atoms with Crippen LogP contribution in [0.1, 0.15) is 36.1 Å². The fraction of sp³-hybridized carbons (Fsp3) is 0.184. The van der Waals surface area contributed by atoms with Crippen molar-refractivity contribution in [2.75, 3.05) is 0 Å². The minimum atomic E-state index is -1.80. The second-order valence-electron chi connectivity index (χ2n) is 17.0. The van der Waals surface area contributed by atoms with Crippen molar-refractivity contribution in [2.24, 2.45) is 5.92 Å². The number of aromatic nitrogens is 3. The molecule has 54 heavy (non-hydrogen) atoms. The summed E-state index contributed by atoms with van der Waals surface area (Å²) in [6.45, 7) is 14.4. The topological polar surface area (TPSA) is 25.8 Å². The van der Waals surface area contributed by atoms with E-state index in [1.165, 1.54) is 60.5 Å². The van der Waals surface area contributed by atoms with Gasteiger partial charge >= 0.3 is 11.5 Å². The lowest BCUT2D eigenvalue weighted by molar-refractivity contribution is -0.944. The van der Waals surface area contributed by atoms with Crippen molar-refractivity contribution in [1.29, 1.82) is 0 Å². The average molecular weight is 718 g/mol. The molecular formula is C49H43N3OSi+2. The Labute approximate surface area is 316 Å². The van der Waals surface area contributed by atoms with E-state index in [1.807, 2.05) is 0 Å². The standard InChI is InChI=1S/C49H43N3OSi/c1-30(2)25-34-28-43-38-26-31(3)19-23-39(38)49(50(43)29-45(34)54(4,5)6)40-24-22-37-36-15-9-12-18-44(36)53-47(37)46(40)48-51(41-16-10-11-17-42(41)52(48)49)35-21-20-32-13-7-8-14-33(32)27-35/h7-24,26-30H,25H2,1-6H3/q+2. The van der Waals surface area contributed by atoms with Gasteiger partial charge < -0.3 is 4.42 Å². The Hall–Kier alpha value is -5.78. The van der Waals surface area contributed by atoms with E-state index in [4.69, 9.17) is 4.42 Å². The number of furan rings is 1. The van der Waals surface area contributed by atoms with E-state index < -0.39 is 13.7 Å². The first-order chi connectivity index (χ1) is 26.1. The van der Waals surface area contributed by atoms with Crippen LogP contribution in [0.3, 0.4) is 0 Å². The summed E-state index contributed by atoms with van der Waals surface area (Å²) in [5, 5.41) is 6.28. The molecule has 9 aromatic rings. The van der Waals surface area contributed by atoms with E-state index in [-0.39, 0.29) is 0 Å². The average Bonchev–Trinajstić information content (AvgIpc) is 3.86. The molecule has 0 aliphatic carbocycles. The van der Waals surface area contributed by atoms with E-state index in [2.05, 4.69) is 188 Å². The second-order valence-corrected chi connectivity index (χ2v) is 22.1. The smallest absolute Gasteiger partial charge is 0.364 e. The zero-order valence-electron chi connectivity index (χ0n) is 31.7. The third kappa shape index (κ3) is 4.08. The number of para-hydroxylation sites is 3. The van der Waals surface area contributed by atoms with Gasteiger partial charge in [0.1, 0.15) is 16.8 Å². The third-order valence-corrected chi connectivity index (χ3v) is 14.1. The van der Waals surface area contributed by atoms with Crippen LogP contribution in [0.2, 0.25) is 19.6 Å². The van der Waals surface area contributed by atoms with Gasteiger partial charge in [0.15, 0.2) is 22.8 Å². The summed E-state index contributed by atoms with van der Waals surface area (Å²) < 4.78 is 14.8. The van der Waals surface area contributed by atoms with Gasteiger partial charge in [0.25, 0.3) is 0 Å². The fourth-order valence-corrected chi connectivity index (χ4v) is 11.5. The van der Waals surface area contributed by atoms with Crippen LogP contribution < -0.4 is 14.3 Å². The van der Waals surface area contributed by atoms with Gasteiger partial charge in [-0.05, 0) is 90.2 Å². The van der Waals surface area contributed by atoms with Crippen LogP contribution in [0.4, 0.5) is 0 Å². The monoisotopic (exact) mass is 717 g/mol. The zero-order valence-corrected chi connectivity index (χ0v) is 32.7. The fourth-order valence-electron chi connectivity index (χ4n) is 9.88. The Balaban J connectivity index is 1.38. The summed E-state index contributed by atoms with van der Waals surface area (Å²) in [4.78, 5) is 0. The number of imidazole rings is 1. The molecular weight excluding hydrogens is 675 g/mol. The van der Waals surface area contributed by atoms with Gasteiger partial charge in [0, 0.05) is 22.0 Å². The highest BCUT2D eigenvalue weighted by molar-refractivity contribution is 6.89. The molecule has 0 bridgehead atoms. The Morgan fingerprint density at radius 1 is 0.741 bits per heavy atom. The van der Waals surface area contributed by atoms with E-state index >= 15 is 0 Å². The van der Waals surface area contributed by atoms with Gasteiger partial charge in [-0.1, -0.05) is 106 Å². The first-order valence-corrected chi connectivity index (χ1v) is 22.9. The van der Waals surface area contributed by atoms with Gasteiger partial charge in [-0.2, -0.15) is 4.57 Å². The predicted octanol–water partition coefficient (Wildman–Crippen LogP) is 10.6. The van der Waals surface area contributed by atoms with Gasteiger partial charge in [0.05, 0.1) is 24.8 Å². The Morgan fingerprint density at radius 3 is 2.33 bits per heavy atom. The van der Waals surface area contributed by atoms with Gasteiger partial charge in [0.2, 0.25) is 5.69 Å². The van der Waals surface area contributed by atoms with Crippen molar-refractivity contribution in [3.8, 4) is 28.3 Å². The minimum absolute atomic E-state index is 0.560. The van der Waals surface area contributed by atoms with Gasteiger partial charge in [-0.25, -0.2) is 0 Å². The van der Waals surface area contributed by atoms with Crippen LogP contribution in [0.25, 0.3) is 72.1 Å². The van der Waals surface area contributed by atoms with E-state index in [0.29, 0.717) is 5.92 Å². The molecule has 0 saturated carbocycles. The van der Waals surface area contributed by atoms with Crippen LogP contribution >= 0.6 is 0 Å². The summed E-state index contributed by atoms with van der Waals surface area (Å²) in [7, 11) is -1.80. The number of rotatable bonds is 4. The lowest BCUT2D eigenvalue weighted by Gasteiger charge is -2.24. The lowest BCUT2D eigenvalue weighted by Crippen LogP contribution is -2.72. The van der Waals surface area contributed by atoms with Crippen molar-refractivity contribution in [2.45, 2.75) is 52.5 Å². The molecule has 3 aromatic heterocycles. The number of hydrogen-bond donors (Lipinski definition) is 0. The van der Waals surface area contributed by atoms with E-state index in [1.54, 1.807) is 0 Å². The third-order valence-electron chi connectivity index (χ3n) is 12.0. The molecule has 4 nitrogen and oxygen atoms in total. The molecule has 5 heteroatoms. The summed E-state index contributed by atoms with van der Waals surface area (Å²) >= 11 is 0. The quantitative estimate of drug-likeness (QED) is 0.131. The Bertz CT molecular complexity index is 3070. The molecule has 0 N–H and O–H groups in total. The molecule has 1 atom stereocenters. The van der Waals surface area contributed by atoms with Crippen LogP contribution in [0.5, 0.6) is 0 Å². The highest BCUT2D eigenvalue weighted by Gasteiger charge is 2.67. The van der Waals surface area contributed by atoms with E-state index in [9.17, 15) is 0 Å². The second kappa shape index (κ2) is 10.9. The maximum absolute atomic E-state index is 7.02. The van der Waals surface area contributed by atoms with Crippen molar-refractivity contribution in [3.63, 3.8) is 0 Å². The molecule has 0 radical (unpaired) electrons. The summed E-state index contributed by atoms with van der Waals surface area (Å²) in [5.41, 5.74) is 13.7. The number of pyridine rings is 1. The maximum atomic E-state index is 7.02. The van der Waals surface area contributed by atoms with Crippen LogP contribution in [0.15, 0.2) is 138 Å². The van der Waals surface area contributed by atoms with Gasteiger partial charge in [-0.3, -0.25) is 0 Å². The van der Waals surface area contributed by atoms with E-state index in [0.717, 1.165) is 45.4 Å². The number of hydrogen-bond acceptors (Lipinski definition) is 1. The van der Waals surface area contributed by atoms with Crippen molar-refractivity contribution in [3.05, 3.63) is 156 Å². The minimum Gasteiger partial charge on any atom is -0.455 e. The molecule has 2 aliphatic heterocycles. The molecule has 1 unspecified atom stereocenters. The molecule has 0 fully saturated rings. The van der Waals surface area contributed by atoms with Crippen molar-refractivity contribution < 1.29 is 13.6 Å². The normalized spacial score (nSPS) is 15.9. The molecule has 262 valence electrons. The van der Waals surface area contributed by atoms with Gasteiger partial charge in [-0.15, -0.1) is 9.13 Å².